The third-order valence-electron chi connectivity index (χ3n) is 42.2. The first kappa shape index (κ1) is 65.6. The molecule has 0 radical (unpaired) electrons. The zero-order chi connectivity index (χ0) is 69.5. The Morgan fingerprint density at radius 1 is 0.320 bits per heavy atom. The Kier molecular flexibility index (Phi) is 14.5. The summed E-state index contributed by atoms with van der Waals surface area (Å²) in [5.41, 5.74) is -0.0433. The van der Waals surface area contributed by atoms with Gasteiger partial charge in [0.05, 0.1) is 74.1 Å². The average molecular weight is 1410 g/mol. The largest absolute Gasteiger partial charge is 0.465 e. The SMILES string of the molecule is CC1C(CO)C2CC1C1C3CC(C4COC(=O)C43)C21.CC1CC2CC1C1(CCOC1=O)C2.CC1CC2CC1C1C2C2CC1C1(CCOC1=O)C2.CC1CC2CC1C1C3CC(C4C(=O)OCC34)C21.CC1CC2CC1C1C3CC(C4COC(=O)C43)C21.CCC1C(C)C2CC1C1C3CC(C4COC(=O)C43)C21. The molecule has 6 heterocycles. The van der Waals surface area contributed by atoms with Crippen molar-refractivity contribution in [3.05, 3.63) is 0 Å². The van der Waals surface area contributed by atoms with Crippen LogP contribution in [0.15, 0.2) is 0 Å². The Bertz CT molecular complexity index is 3550. The second-order valence-electron chi connectivity index (χ2n) is 43.7. The standard InChI is InChI=1S/C17H24O2.C16H22O3.C16H22O2.2C15H20O2.C11H16O2/c1-3-8-7(2)9-4-10(8)15-12-5-11(14(9)15)13-6-19-17(18)16(12)13;1-6-7-2-8(11(6)4-17)14-9-3-10(13(7)14)15-12(9)5-19-16(15)18;1-8-4-9-5-11(8)14-12-6-10(13(9)14)7-16(12)2-3-18-15(16)17;1-6-2-7-3-8(6)13-9-4-10(12(7)13)14-11(9)5-17-15(14)16;1-6-2-7-3-8(6)13-10-4-9(12(7)13)11-5-17-15(16)14(10)11;1-7-4-8-5-9(7)11(6-8)2-3-13-10(11)12/h7-16H,3-6H2,1-2H3;6-15,17H,2-5H2,1H3;8-14H,2-7H2,1H3;2*6-14H,2-5H2,1H3;7-9H,2-6H2,1H3. The van der Waals surface area contributed by atoms with Gasteiger partial charge in [-0.25, -0.2) is 0 Å². The minimum atomic E-state index is -0.0255. The molecule has 13 heteroatoms. The van der Waals surface area contributed by atoms with Crippen molar-refractivity contribution in [3.8, 4) is 0 Å². The van der Waals surface area contributed by atoms with Gasteiger partial charge in [-0.2, -0.15) is 0 Å². The van der Waals surface area contributed by atoms with Gasteiger partial charge < -0.3 is 33.5 Å². The number of esters is 6. The van der Waals surface area contributed by atoms with Crippen LogP contribution in [0.3, 0.4) is 0 Å². The topological polar surface area (TPSA) is 178 Å². The molecule has 2 spiro atoms. The van der Waals surface area contributed by atoms with Crippen LogP contribution < -0.4 is 0 Å². The summed E-state index contributed by atoms with van der Waals surface area (Å²) in [4.78, 5) is 71.7. The second-order valence-corrected chi connectivity index (χ2v) is 43.7. The normalized spacial score (nSPS) is 63.5. The minimum Gasteiger partial charge on any atom is -0.465 e. The molecule has 0 aromatic heterocycles. The molecule has 1 N–H and O–H groups in total. The van der Waals surface area contributed by atoms with E-state index >= 15 is 0 Å². The summed E-state index contributed by atoms with van der Waals surface area (Å²) in [5.74, 6) is 38.4. The van der Waals surface area contributed by atoms with Crippen molar-refractivity contribution in [2.24, 2.45) is 295 Å². The molecule has 6 saturated heterocycles. The van der Waals surface area contributed by atoms with Crippen LogP contribution in [0.1, 0.15) is 177 Å². The molecule has 6 aliphatic heterocycles. The van der Waals surface area contributed by atoms with Crippen molar-refractivity contribution in [1.29, 1.82) is 0 Å². The Balaban J connectivity index is 0.0000000761. The average Bonchev–Trinajstić information content (AvgIpc) is 1.56. The number of aliphatic hydroxyl groups excluding tert-OH is 1. The monoisotopic (exact) mass is 1410 g/mol. The molecule has 22 bridgehead atoms. The first-order valence-electron chi connectivity index (χ1n) is 44.5. The van der Waals surface area contributed by atoms with E-state index in [2.05, 4.69) is 48.5 Å². The van der Waals surface area contributed by atoms with E-state index in [-0.39, 0.29) is 52.6 Å². The molecule has 22 aliphatic carbocycles. The van der Waals surface area contributed by atoms with E-state index in [9.17, 15) is 33.9 Å². The molecule has 0 aromatic rings. The van der Waals surface area contributed by atoms with Gasteiger partial charge in [-0.05, 0) is 359 Å². The van der Waals surface area contributed by atoms with E-state index in [1.165, 1.54) is 109 Å². The van der Waals surface area contributed by atoms with Crippen LogP contribution >= 0.6 is 0 Å². The number of aliphatic hydroxyl groups is 1. The van der Waals surface area contributed by atoms with Crippen molar-refractivity contribution >= 4 is 35.8 Å². The van der Waals surface area contributed by atoms with E-state index < -0.39 is 0 Å². The molecule has 22 saturated carbocycles. The number of ether oxygens (including phenoxy) is 6. The minimum absolute atomic E-state index is 0.0178. The number of carbonyl (C=O) groups excluding carboxylic acids is 6. The molecule has 28 rings (SSSR count). The number of carbonyl (C=O) groups is 6. The van der Waals surface area contributed by atoms with Crippen molar-refractivity contribution in [3.63, 3.8) is 0 Å². The zero-order valence-electron chi connectivity index (χ0n) is 63.2. The predicted octanol–water partition coefficient (Wildman–Crippen LogP) is 14.0. The lowest BCUT2D eigenvalue weighted by Crippen LogP contribution is -2.44. The number of fused-ring (bicyclic) bond motifs is 61. The molecule has 0 aromatic carbocycles. The summed E-state index contributed by atoms with van der Waals surface area (Å²) >= 11 is 0. The number of hydrogen-bond donors (Lipinski definition) is 1. The van der Waals surface area contributed by atoms with Crippen LogP contribution in [0, 0.1) is 295 Å². The molecule has 28 fully saturated rings. The summed E-state index contributed by atoms with van der Waals surface area (Å²) in [7, 11) is 0. The third-order valence-corrected chi connectivity index (χ3v) is 42.2. The fraction of sp³-hybridized carbons (Fsp3) is 0.933. The fourth-order valence-corrected chi connectivity index (χ4v) is 40.2. The van der Waals surface area contributed by atoms with Crippen molar-refractivity contribution in [2.75, 3.05) is 46.2 Å². The van der Waals surface area contributed by atoms with Gasteiger partial charge in [0.1, 0.15) is 0 Å². The molecular weight excluding hydrogens is 1290 g/mol. The number of rotatable bonds is 2. The maximum Gasteiger partial charge on any atom is 0.312 e. The van der Waals surface area contributed by atoms with Crippen molar-refractivity contribution < 1.29 is 62.3 Å². The maximum atomic E-state index is 12.2. The van der Waals surface area contributed by atoms with Crippen LogP contribution in [0.5, 0.6) is 0 Å². The molecule has 103 heavy (non-hydrogen) atoms. The summed E-state index contributed by atoms with van der Waals surface area (Å²) in [6, 6.07) is 0. The maximum absolute atomic E-state index is 12.2. The summed E-state index contributed by atoms with van der Waals surface area (Å²) < 4.78 is 31.9. The Morgan fingerprint density at radius 2 is 0.699 bits per heavy atom. The van der Waals surface area contributed by atoms with Crippen LogP contribution in [-0.4, -0.2) is 87.2 Å². The second kappa shape index (κ2) is 22.7. The zero-order valence-corrected chi connectivity index (χ0v) is 63.2. The van der Waals surface area contributed by atoms with E-state index in [0.717, 1.165) is 228 Å². The highest BCUT2D eigenvalue weighted by molar-refractivity contribution is 5.81. The summed E-state index contributed by atoms with van der Waals surface area (Å²) in [6.45, 7) is 21.5. The van der Waals surface area contributed by atoms with Crippen molar-refractivity contribution in [1.82, 2.24) is 0 Å². The molecular formula is C90H124O13. The van der Waals surface area contributed by atoms with E-state index in [1.807, 2.05) is 0 Å². The Hall–Kier alpha value is -3.22. The van der Waals surface area contributed by atoms with Gasteiger partial charge in [0.15, 0.2) is 0 Å². The van der Waals surface area contributed by atoms with Crippen LogP contribution in [0.4, 0.5) is 0 Å². The van der Waals surface area contributed by atoms with Crippen molar-refractivity contribution in [2.45, 2.75) is 177 Å². The van der Waals surface area contributed by atoms with E-state index in [0.29, 0.717) is 115 Å². The van der Waals surface area contributed by atoms with Gasteiger partial charge in [0.2, 0.25) is 0 Å². The van der Waals surface area contributed by atoms with Gasteiger partial charge in [-0.1, -0.05) is 54.9 Å². The van der Waals surface area contributed by atoms with Gasteiger partial charge >= 0.3 is 35.8 Å². The van der Waals surface area contributed by atoms with Gasteiger partial charge in [-0.3, -0.25) is 28.8 Å². The number of hydrogen-bond acceptors (Lipinski definition) is 13. The first-order chi connectivity index (χ1) is 49.9. The highest BCUT2D eigenvalue weighted by atomic mass is 16.6. The predicted molar refractivity (Wildman–Crippen MR) is 377 cm³/mol. The third kappa shape index (κ3) is 8.35. The lowest BCUT2D eigenvalue weighted by molar-refractivity contribution is -0.151. The van der Waals surface area contributed by atoms with E-state index in [4.69, 9.17) is 28.4 Å². The number of cyclic esters (lactones) is 6. The quantitative estimate of drug-likeness (QED) is 0.157. The van der Waals surface area contributed by atoms with E-state index in [1.54, 1.807) is 0 Å². The Labute approximate surface area is 613 Å². The lowest BCUT2D eigenvalue weighted by atomic mass is 9.59. The first-order valence-corrected chi connectivity index (χ1v) is 44.5. The fourth-order valence-electron chi connectivity index (χ4n) is 40.2. The molecule has 50 atom stereocenters. The lowest BCUT2D eigenvalue weighted by Gasteiger charge is -2.44. The van der Waals surface area contributed by atoms with Crippen LogP contribution in [-0.2, 0) is 57.2 Å². The van der Waals surface area contributed by atoms with Crippen LogP contribution in [0.25, 0.3) is 0 Å². The summed E-state index contributed by atoms with van der Waals surface area (Å²) in [6.07, 6.45) is 26.7. The molecule has 28 aliphatic rings. The smallest absolute Gasteiger partial charge is 0.312 e. The van der Waals surface area contributed by atoms with Gasteiger partial charge in [-0.15, -0.1) is 0 Å². The van der Waals surface area contributed by atoms with Gasteiger partial charge in [0, 0.05) is 30.3 Å². The summed E-state index contributed by atoms with van der Waals surface area (Å²) in [5, 5.41) is 9.70. The molecule has 50 unspecified atom stereocenters. The van der Waals surface area contributed by atoms with Gasteiger partial charge in [0.25, 0.3) is 0 Å². The Morgan fingerprint density at radius 3 is 1.16 bits per heavy atom. The highest BCUT2D eigenvalue weighted by Gasteiger charge is 2.77. The molecule has 562 valence electrons. The van der Waals surface area contributed by atoms with Crippen LogP contribution in [0.2, 0.25) is 0 Å². The molecule has 0 amide bonds. The molecule has 13 nitrogen and oxygen atoms in total. The highest BCUT2D eigenvalue weighted by Crippen LogP contribution is 2.79.